The largest absolute Gasteiger partial charge is 0.493 e. The number of carbonyl (C=O) groups excluding carboxylic acids is 2. The quantitative estimate of drug-likeness (QED) is 0.702. The van der Waals surface area contributed by atoms with Crippen LogP contribution in [0, 0.1) is 13.8 Å². The zero-order chi connectivity index (χ0) is 24.4. The van der Waals surface area contributed by atoms with Gasteiger partial charge in [-0.1, -0.05) is 17.3 Å². The third-order valence-electron chi connectivity index (χ3n) is 7.35. The van der Waals surface area contributed by atoms with E-state index in [1.54, 1.807) is 11.0 Å². The van der Waals surface area contributed by atoms with E-state index in [1.807, 2.05) is 32.0 Å². The molecule has 0 spiro atoms. The van der Waals surface area contributed by atoms with E-state index >= 15 is 0 Å². The molecule has 1 aromatic carbocycles. The lowest BCUT2D eigenvalue weighted by Gasteiger charge is -2.41. The fourth-order valence-electron chi connectivity index (χ4n) is 5.30. The second-order valence-corrected chi connectivity index (χ2v) is 9.74. The molecule has 3 atom stereocenters. The number of carbonyl (C=O) groups is 2. The highest BCUT2D eigenvalue weighted by molar-refractivity contribution is 6.00. The maximum atomic E-state index is 13.7. The van der Waals surface area contributed by atoms with Gasteiger partial charge in [0.25, 0.3) is 5.91 Å². The first-order valence-electron chi connectivity index (χ1n) is 12.6. The van der Waals surface area contributed by atoms with Gasteiger partial charge in [-0.25, -0.2) is 0 Å². The van der Waals surface area contributed by atoms with Crippen LogP contribution >= 0.6 is 0 Å². The fraction of sp³-hybridized carbons (Fsp3) is 0.577. The van der Waals surface area contributed by atoms with Gasteiger partial charge >= 0.3 is 0 Å². The van der Waals surface area contributed by atoms with Crippen LogP contribution in [-0.2, 0) is 16.1 Å². The number of amides is 2. The molecule has 4 heterocycles. The second kappa shape index (κ2) is 10.4. The number of nitrogens with one attached hydrogen (secondary N) is 1. The van der Waals surface area contributed by atoms with Gasteiger partial charge in [-0.2, -0.15) is 0 Å². The summed E-state index contributed by atoms with van der Waals surface area (Å²) in [5, 5.41) is 7.15. The normalized spacial score (nSPS) is 26.2. The Kier molecular flexibility index (Phi) is 7.06. The minimum atomic E-state index is -0.618. The molecule has 3 aliphatic rings. The Hall–Kier alpha value is -2.91. The highest BCUT2D eigenvalue weighted by Crippen LogP contribution is 2.26. The number of aryl methyl sites for hydroxylation is 2. The molecule has 35 heavy (non-hydrogen) atoms. The maximum absolute atomic E-state index is 13.7. The van der Waals surface area contributed by atoms with Crippen molar-refractivity contribution in [3.63, 3.8) is 0 Å². The molecule has 0 saturated carbocycles. The van der Waals surface area contributed by atoms with Crippen molar-refractivity contribution in [1.82, 2.24) is 20.3 Å². The van der Waals surface area contributed by atoms with Gasteiger partial charge in [0, 0.05) is 44.7 Å². The van der Waals surface area contributed by atoms with E-state index in [1.165, 1.54) is 0 Å². The third-order valence-corrected chi connectivity index (χ3v) is 7.35. The molecule has 5 rings (SSSR count). The lowest BCUT2D eigenvalue weighted by molar-refractivity contribution is -0.129. The lowest BCUT2D eigenvalue weighted by atomic mass is 10.0. The van der Waals surface area contributed by atoms with E-state index in [0.717, 1.165) is 42.7 Å². The van der Waals surface area contributed by atoms with E-state index in [0.29, 0.717) is 50.6 Å². The smallest absolute Gasteiger partial charge is 0.258 e. The topological polar surface area (TPSA) is 97.1 Å². The molecule has 0 radical (unpaired) electrons. The van der Waals surface area contributed by atoms with Crippen LogP contribution in [0.15, 0.2) is 28.8 Å². The van der Waals surface area contributed by atoms with Gasteiger partial charge < -0.3 is 24.2 Å². The first-order chi connectivity index (χ1) is 17.0. The Morgan fingerprint density at radius 2 is 1.91 bits per heavy atom. The highest BCUT2D eigenvalue weighted by Gasteiger charge is 2.37. The summed E-state index contributed by atoms with van der Waals surface area (Å²) < 4.78 is 17.6. The van der Waals surface area contributed by atoms with E-state index in [2.05, 4.69) is 15.4 Å². The molecule has 1 N–H and O–H groups in total. The number of hydrogen-bond donors (Lipinski definition) is 1. The number of fused-ring (bicyclic) bond motifs is 4. The molecule has 9 nitrogen and oxygen atoms in total. The van der Waals surface area contributed by atoms with Crippen molar-refractivity contribution in [3.8, 4) is 5.75 Å². The average Bonchev–Trinajstić information content (AvgIpc) is 3.19. The van der Waals surface area contributed by atoms with Crippen LogP contribution in [0.1, 0.15) is 53.1 Å². The van der Waals surface area contributed by atoms with Gasteiger partial charge in [-0.3, -0.25) is 14.5 Å². The maximum Gasteiger partial charge on any atom is 0.258 e. The van der Waals surface area contributed by atoms with E-state index in [4.69, 9.17) is 14.0 Å². The van der Waals surface area contributed by atoms with Crippen LogP contribution in [0.4, 0.5) is 0 Å². The number of para-hydroxylation sites is 1. The van der Waals surface area contributed by atoms with Crippen LogP contribution < -0.4 is 10.1 Å². The molecule has 2 saturated heterocycles. The molecule has 0 aliphatic carbocycles. The van der Waals surface area contributed by atoms with Crippen LogP contribution in [0.3, 0.4) is 0 Å². The Balaban J connectivity index is 1.41. The summed E-state index contributed by atoms with van der Waals surface area (Å²) in [7, 11) is 0. The van der Waals surface area contributed by atoms with Crippen molar-refractivity contribution in [1.29, 1.82) is 0 Å². The number of ether oxygens (including phenoxy) is 2. The molecule has 9 heteroatoms. The second-order valence-electron chi connectivity index (χ2n) is 9.74. The molecular formula is C26H34N4O5. The van der Waals surface area contributed by atoms with Crippen molar-refractivity contribution in [2.24, 2.45) is 0 Å². The molecule has 2 aromatic rings. The summed E-state index contributed by atoms with van der Waals surface area (Å²) in [4.78, 5) is 31.1. The monoisotopic (exact) mass is 482 g/mol. The summed E-state index contributed by atoms with van der Waals surface area (Å²) in [6.45, 7) is 6.91. The molecular weight excluding hydrogens is 448 g/mol. The summed E-state index contributed by atoms with van der Waals surface area (Å²) in [6, 6.07) is 6.69. The van der Waals surface area contributed by atoms with Crippen LogP contribution in [0.2, 0.25) is 0 Å². The average molecular weight is 483 g/mol. The molecule has 2 fully saturated rings. The Bertz CT molecular complexity index is 1050. The Labute approximate surface area is 205 Å². The third kappa shape index (κ3) is 5.21. The zero-order valence-electron chi connectivity index (χ0n) is 20.5. The van der Waals surface area contributed by atoms with Crippen molar-refractivity contribution < 1.29 is 23.6 Å². The molecule has 188 valence electrons. The molecule has 1 aromatic heterocycles. The Morgan fingerprint density at radius 3 is 2.74 bits per heavy atom. The van der Waals surface area contributed by atoms with Crippen LogP contribution in [0.5, 0.6) is 5.75 Å². The van der Waals surface area contributed by atoms with Crippen LogP contribution in [-0.4, -0.2) is 77.8 Å². The summed E-state index contributed by atoms with van der Waals surface area (Å²) in [6.07, 6.45) is 3.83. The number of piperazine rings is 1. The van der Waals surface area contributed by atoms with Gasteiger partial charge in [-0.05, 0) is 45.2 Å². The Morgan fingerprint density at radius 1 is 1.09 bits per heavy atom. The number of rotatable bonds is 2. The van der Waals surface area contributed by atoms with Gasteiger partial charge in [-0.15, -0.1) is 0 Å². The highest BCUT2D eigenvalue weighted by atomic mass is 16.5. The van der Waals surface area contributed by atoms with Crippen molar-refractivity contribution in [2.45, 2.75) is 64.3 Å². The number of aromatic nitrogens is 1. The van der Waals surface area contributed by atoms with Gasteiger partial charge in [0.2, 0.25) is 5.91 Å². The molecule has 2 amide bonds. The van der Waals surface area contributed by atoms with Crippen molar-refractivity contribution in [3.05, 3.63) is 46.8 Å². The minimum absolute atomic E-state index is 0.0147. The number of benzene rings is 1. The number of nitrogens with zero attached hydrogens (tertiary/aromatic N) is 3. The first-order valence-corrected chi connectivity index (χ1v) is 12.6. The van der Waals surface area contributed by atoms with E-state index in [-0.39, 0.29) is 24.0 Å². The van der Waals surface area contributed by atoms with E-state index in [9.17, 15) is 9.59 Å². The minimum Gasteiger partial charge on any atom is -0.493 e. The van der Waals surface area contributed by atoms with Crippen molar-refractivity contribution in [2.75, 3.05) is 32.8 Å². The van der Waals surface area contributed by atoms with Crippen molar-refractivity contribution >= 4 is 11.8 Å². The van der Waals surface area contributed by atoms with Crippen LogP contribution in [0.25, 0.3) is 0 Å². The predicted octanol–water partition coefficient (Wildman–Crippen LogP) is 2.45. The summed E-state index contributed by atoms with van der Waals surface area (Å²) in [5.41, 5.74) is 2.38. The lowest BCUT2D eigenvalue weighted by Crippen LogP contribution is -2.61. The fourth-order valence-corrected chi connectivity index (χ4v) is 5.30. The predicted molar refractivity (Wildman–Crippen MR) is 128 cm³/mol. The molecule has 2 bridgehead atoms. The molecule has 0 unspecified atom stereocenters. The summed E-state index contributed by atoms with van der Waals surface area (Å²) >= 11 is 0. The van der Waals surface area contributed by atoms with Gasteiger partial charge in [0.1, 0.15) is 17.6 Å². The molecule has 3 aliphatic heterocycles. The number of hydrogen-bond acceptors (Lipinski definition) is 7. The zero-order valence-corrected chi connectivity index (χ0v) is 20.5. The van der Waals surface area contributed by atoms with E-state index < -0.39 is 6.04 Å². The summed E-state index contributed by atoms with van der Waals surface area (Å²) in [5.74, 6) is 1.01. The first kappa shape index (κ1) is 23.8. The van der Waals surface area contributed by atoms with Gasteiger partial charge in [0.15, 0.2) is 0 Å². The van der Waals surface area contributed by atoms with Gasteiger partial charge in [0.05, 0.1) is 30.1 Å². The SMILES string of the molecule is Cc1noc(C)c1CN1CCN2C(=O)c3ccccc3OCC[C@@H]3CCC[C@@H](CNC(=O)[C@@H]2C1)O3. The standard InChI is InChI=1S/C26H34N4O5/c1-17-22(18(2)35-28-17)15-29-11-12-30-23(16-29)25(31)27-14-20-7-5-6-19(34-20)10-13-33-24-9-4-3-8-21(24)26(30)32/h3-4,8-9,19-20,23H,5-7,10-16H2,1-2H3,(H,27,31)/t19-,20-,23-/m0/s1.